The molecule has 1 rings (SSSR count). The molecular formula is C12H22N2. The summed E-state index contributed by atoms with van der Waals surface area (Å²) in [5.74, 6) is 3.44. The summed E-state index contributed by atoms with van der Waals surface area (Å²) in [6, 6.07) is 0.288. The number of terminal acetylenes is 1. The SMILES string of the molecule is C#CC(C(C)C)N1CCNC(C)(C)C1. The molecule has 2 nitrogen and oxygen atoms in total. The van der Waals surface area contributed by atoms with Gasteiger partial charge in [-0.3, -0.25) is 4.90 Å². The summed E-state index contributed by atoms with van der Waals surface area (Å²) < 4.78 is 0. The molecule has 1 N–H and O–H groups in total. The molecule has 0 amide bonds. The predicted molar refractivity (Wildman–Crippen MR) is 61.1 cm³/mol. The van der Waals surface area contributed by atoms with Gasteiger partial charge in [-0.05, 0) is 19.8 Å². The highest BCUT2D eigenvalue weighted by molar-refractivity contribution is 5.04. The van der Waals surface area contributed by atoms with Crippen molar-refractivity contribution >= 4 is 0 Å². The fourth-order valence-corrected chi connectivity index (χ4v) is 2.14. The molecule has 0 aromatic heterocycles. The Balaban J connectivity index is 2.64. The maximum Gasteiger partial charge on any atom is 0.0736 e. The zero-order valence-electron chi connectivity index (χ0n) is 9.80. The molecule has 1 unspecified atom stereocenters. The molecular weight excluding hydrogens is 172 g/mol. The zero-order valence-corrected chi connectivity index (χ0v) is 9.80. The van der Waals surface area contributed by atoms with Crippen LogP contribution in [0.15, 0.2) is 0 Å². The Morgan fingerprint density at radius 1 is 1.43 bits per heavy atom. The summed E-state index contributed by atoms with van der Waals surface area (Å²) in [5, 5.41) is 3.50. The molecule has 1 heterocycles. The van der Waals surface area contributed by atoms with Gasteiger partial charge in [-0.1, -0.05) is 19.8 Å². The van der Waals surface area contributed by atoms with Gasteiger partial charge in [-0.2, -0.15) is 0 Å². The number of hydrogen-bond acceptors (Lipinski definition) is 2. The molecule has 1 fully saturated rings. The van der Waals surface area contributed by atoms with Gasteiger partial charge in [-0.15, -0.1) is 6.42 Å². The van der Waals surface area contributed by atoms with E-state index in [0.29, 0.717) is 5.92 Å². The third kappa shape index (κ3) is 2.73. The van der Waals surface area contributed by atoms with Crippen LogP contribution in [0.3, 0.4) is 0 Å². The van der Waals surface area contributed by atoms with Crippen molar-refractivity contribution in [2.45, 2.75) is 39.3 Å². The highest BCUT2D eigenvalue weighted by Gasteiger charge is 2.30. The summed E-state index contributed by atoms with van der Waals surface area (Å²) >= 11 is 0. The maximum atomic E-state index is 5.58. The minimum Gasteiger partial charge on any atom is -0.309 e. The first-order chi connectivity index (χ1) is 6.46. The summed E-state index contributed by atoms with van der Waals surface area (Å²) in [4.78, 5) is 2.42. The van der Waals surface area contributed by atoms with Gasteiger partial charge in [0.1, 0.15) is 0 Å². The molecule has 1 aliphatic heterocycles. The molecule has 0 bridgehead atoms. The molecule has 1 aliphatic rings. The van der Waals surface area contributed by atoms with Crippen LogP contribution in [0.25, 0.3) is 0 Å². The van der Waals surface area contributed by atoms with Crippen molar-refractivity contribution in [1.29, 1.82) is 0 Å². The quantitative estimate of drug-likeness (QED) is 0.667. The van der Waals surface area contributed by atoms with Crippen molar-refractivity contribution < 1.29 is 0 Å². The Labute approximate surface area is 88.1 Å². The van der Waals surface area contributed by atoms with Gasteiger partial charge in [-0.25, -0.2) is 0 Å². The van der Waals surface area contributed by atoms with E-state index in [-0.39, 0.29) is 11.6 Å². The fraction of sp³-hybridized carbons (Fsp3) is 0.833. The van der Waals surface area contributed by atoms with E-state index >= 15 is 0 Å². The molecule has 80 valence electrons. The van der Waals surface area contributed by atoms with E-state index in [2.05, 4.69) is 43.8 Å². The Morgan fingerprint density at radius 2 is 2.07 bits per heavy atom. The van der Waals surface area contributed by atoms with Crippen LogP contribution < -0.4 is 5.32 Å². The van der Waals surface area contributed by atoms with E-state index in [1.165, 1.54) is 0 Å². The summed E-state index contributed by atoms with van der Waals surface area (Å²) in [7, 11) is 0. The second-order valence-corrected chi connectivity index (χ2v) is 5.14. The zero-order chi connectivity index (χ0) is 10.8. The van der Waals surface area contributed by atoms with Gasteiger partial charge in [0.15, 0.2) is 0 Å². The Bertz CT molecular complexity index is 225. The van der Waals surface area contributed by atoms with Crippen LogP contribution in [0.1, 0.15) is 27.7 Å². The van der Waals surface area contributed by atoms with E-state index in [0.717, 1.165) is 19.6 Å². The number of piperazine rings is 1. The first-order valence-electron chi connectivity index (χ1n) is 5.41. The summed E-state index contributed by atoms with van der Waals surface area (Å²) in [6.07, 6.45) is 5.58. The Hall–Kier alpha value is -0.520. The second kappa shape index (κ2) is 4.33. The average Bonchev–Trinajstić information content (AvgIpc) is 2.02. The topological polar surface area (TPSA) is 15.3 Å². The van der Waals surface area contributed by atoms with E-state index in [1.807, 2.05) is 0 Å². The van der Waals surface area contributed by atoms with Crippen LogP contribution in [-0.2, 0) is 0 Å². The van der Waals surface area contributed by atoms with Crippen molar-refractivity contribution in [1.82, 2.24) is 10.2 Å². The van der Waals surface area contributed by atoms with Crippen molar-refractivity contribution in [2.24, 2.45) is 5.92 Å². The first kappa shape index (κ1) is 11.6. The smallest absolute Gasteiger partial charge is 0.0736 e. The number of rotatable bonds is 2. The monoisotopic (exact) mass is 194 g/mol. The summed E-state index contributed by atoms with van der Waals surface area (Å²) in [6.45, 7) is 12.0. The number of nitrogens with one attached hydrogen (secondary N) is 1. The largest absolute Gasteiger partial charge is 0.309 e. The van der Waals surface area contributed by atoms with Crippen LogP contribution in [0, 0.1) is 18.3 Å². The van der Waals surface area contributed by atoms with Crippen molar-refractivity contribution in [3.05, 3.63) is 0 Å². The minimum absolute atomic E-state index is 0.197. The predicted octanol–water partition coefficient (Wildman–Crippen LogP) is 1.33. The number of hydrogen-bond donors (Lipinski definition) is 1. The molecule has 0 aliphatic carbocycles. The molecule has 1 saturated heterocycles. The Morgan fingerprint density at radius 3 is 2.50 bits per heavy atom. The lowest BCUT2D eigenvalue weighted by Gasteiger charge is -2.42. The highest BCUT2D eigenvalue weighted by atomic mass is 15.2. The van der Waals surface area contributed by atoms with Crippen molar-refractivity contribution in [2.75, 3.05) is 19.6 Å². The number of nitrogens with zero attached hydrogens (tertiary/aromatic N) is 1. The third-order valence-electron chi connectivity index (χ3n) is 2.80. The minimum atomic E-state index is 0.197. The third-order valence-corrected chi connectivity index (χ3v) is 2.80. The van der Waals surface area contributed by atoms with Crippen LogP contribution in [0.4, 0.5) is 0 Å². The maximum absolute atomic E-state index is 5.58. The van der Waals surface area contributed by atoms with E-state index in [1.54, 1.807) is 0 Å². The first-order valence-corrected chi connectivity index (χ1v) is 5.41. The lowest BCUT2D eigenvalue weighted by Crippen LogP contribution is -2.59. The van der Waals surface area contributed by atoms with E-state index in [9.17, 15) is 0 Å². The Kier molecular flexibility index (Phi) is 3.58. The van der Waals surface area contributed by atoms with Crippen molar-refractivity contribution in [3.63, 3.8) is 0 Å². The van der Waals surface area contributed by atoms with Crippen LogP contribution in [-0.4, -0.2) is 36.1 Å². The standard InChI is InChI=1S/C12H22N2/c1-6-11(10(2)3)14-8-7-13-12(4,5)9-14/h1,10-11,13H,7-9H2,2-5H3. The van der Waals surface area contributed by atoms with Gasteiger partial charge in [0.05, 0.1) is 6.04 Å². The highest BCUT2D eigenvalue weighted by Crippen LogP contribution is 2.17. The molecule has 2 heteroatoms. The fourth-order valence-electron chi connectivity index (χ4n) is 2.14. The van der Waals surface area contributed by atoms with Gasteiger partial charge in [0.25, 0.3) is 0 Å². The van der Waals surface area contributed by atoms with Gasteiger partial charge < -0.3 is 5.32 Å². The molecule has 1 atom stereocenters. The van der Waals surface area contributed by atoms with Crippen LogP contribution >= 0.6 is 0 Å². The second-order valence-electron chi connectivity index (χ2n) is 5.14. The molecule has 0 radical (unpaired) electrons. The van der Waals surface area contributed by atoms with Gasteiger partial charge >= 0.3 is 0 Å². The van der Waals surface area contributed by atoms with Gasteiger partial charge in [0.2, 0.25) is 0 Å². The average molecular weight is 194 g/mol. The van der Waals surface area contributed by atoms with Gasteiger partial charge in [0, 0.05) is 25.2 Å². The summed E-state index contributed by atoms with van der Waals surface area (Å²) in [5.41, 5.74) is 0.197. The lowest BCUT2D eigenvalue weighted by molar-refractivity contribution is 0.112. The lowest BCUT2D eigenvalue weighted by atomic mass is 9.97. The van der Waals surface area contributed by atoms with Crippen molar-refractivity contribution in [3.8, 4) is 12.3 Å². The van der Waals surface area contributed by atoms with E-state index in [4.69, 9.17) is 6.42 Å². The molecule has 0 aromatic rings. The molecule has 0 spiro atoms. The molecule has 0 saturated carbocycles. The van der Waals surface area contributed by atoms with E-state index < -0.39 is 0 Å². The molecule has 14 heavy (non-hydrogen) atoms. The molecule has 0 aromatic carbocycles. The van der Waals surface area contributed by atoms with Crippen LogP contribution in [0.5, 0.6) is 0 Å². The normalized spacial score (nSPS) is 24.6. The van der Waals surface area contributed by atoms with Crippen LogP contribution in [0.2, 0.25) is 0 Å².